The summed E-state index contributed by atoms with van der Waals surface area (Å²) in [6.45, 7) is 33.7. The maximum atomic E-state index is 3.00. The Kier molecular flexibility index (Phi) is 57.1. The molecule has 0 aliphatic carbocycles. The summed E-state index contributed by atoms with van der Waals surface area (Å²) in [6.07, 6.45) is 5.61. The van der Waals surface area contributed by atoms with Crippen molar-refractivity contribution >= 4 is 0 Å². The second kappa shape index (κ2) is 36.2. The zero-order valence-corrected chi connectivity index (χ0v) is 15.8. The summed E-state index contributed by atoms with van der Waals surface area (Å²) in [5.41, 5.74) is 0. The highest BCUT2D eigenvalue weighted by molar-refractivity contribution is 4.59. The van der Waals surface area contributed by atoms with E-state index in [-0.39, 0.29) is 0 Å². The smallest absolute Gasteiger partial charge is 0.0420 e. The van der Waals surface area contributed by atoms with E-state index in [1.807, 2.05) is 13.8 Å². The first kappa shape index (κ1) is 31.6. The number of rotatable bonds is 6. The molecule has 0 heterocycles. The lowest BCUT2D eigenvalue weighted by Crippen LogP contribution is -2.04. The molecule has 0 spiro atoms. The van der Waals surface area contributed by atoms with E-state index >= 15 is 0 Å². The van der Waals surface area contributed by atoms with Gasteiger partial charge < -0.3 is 0 Å². The molecule has 0 saturated carbocycles. The Morgan fingerprint density at radius 2 is 1.05 bits per heavy atom. The van der Waals surface area contributed by atoms with Crippen molar-refractivity contribution in [2.24, 2.45) is 17.8 Å². The van der Waals surface area contributed by atoms with Gasteiger partial charge in [0, 0.05) is 0 Å². The van der Waals surface area contributed by atoms with E-state index in [4.69, 9.17) is 0 Å². The van der Waals surface area contributed by atoms with Gasteiger partial charge in [0.1, 0.15) is 0 Å². The Bertz CT molecular complexity index is 121. The molecule has 0 aromatic carbocycles. The topological polar surface area (TPSA) is 0 Å². The molecule has 0 aromatic rings. The third-order valence-electron chi connectivity index (χ3n) is 3.19. The van der Waals surface area contributed by atoms with Crippen LogP contribution in [0.25, 0.3) is 0 Å². The van der Waals surface area contributed by atoms with Crippen LogP contribution < -0.4 is 0 Å². The highest BCUT2D eigenvalue weighted by Gasteiger charge is 2.07. The van der Waals surface area contributed by atoms with Crippen LogP contribution in [0.1, 0.15) is 74.1 Å². The highest BCUT2D eigenvalue weighted by atomic mass is 14.1. The van der Waals surface area contributed by atoms with Gasteiger partial charge in [-0.2, -0.15) is 0 Å². The monoisotopic (exact) mass is 284 g/mol. The van der Waals surface area contributed by atoms with Gasteiger partial charge in [-0.25, -0.2) is 0 Å². The van der Waals surface area contributed by atoms with Gasteiger partial charge in [-0.1, -0.05) is 74.1 Å². The van der Waals surface area contributed by atoms with E-state index in [2.05, 4.69) is 74.1 Å². The molecule has 0 saturated heterocycles. The first-order valence-corrected chi connectivity index (χ1v) is 8.07. The van der Waals surface area contributed by atoms with Crippen LogP contribution in [0.3, 0.4) is 0 Å². The minimum absolute atomic E-state index is 0.863. The van der Waals surface area contributed by atoms with Crippen LogP contribution in [0.4, 0.5) is 0 Å². The minimum Gasteiger partial charge on any atom is -0.106 e. The highest BCUT2D eigenvalue weighted by Crippen LogP contribution is 2.19. The fraction of sp³-hybridized carbons (Fsp3) is 0.700. The molecule has 0 N–H and O–H groups in total. The molecule has 0 heteroatoms. The summed E-state index contributed by atoms with van der Waals surface area (Å²) in [5.74, 6) is 2.71. The van der Waals surface area contributed by atoms with Crippen molar-refractivity contribution < 1.29 is 0 Å². The van der Waals surface area contributed by atoms with Crippen LogP contribution in [-0.4, -0.2) is 0 Å². The Hall–Kier alpha value is -0.780. The maximum Gasteiger partial charge on any atom is -0.0420 e. The third-order valence-corrected chi connectivity index (χ3v) is 3.19. The number of hydrogen-bond donors (Lipinski definition) is 0. The summed E-state index contributed by atoms with van der Waals surface area (Å²) in [7, 11) is 0. The molecule has 0 aliphatic rings. The first-order valence-electron chi connectivity index (χ1n) is 8.07. The van der Waals surface area contributed by atoms with Gasteiger partial charge in [-0.05, 0) is 17.8 Å². The van der Waals surface area contributed by atoms with Gasteiger partial charge in [0.25, 0.3) is 0 Å². The van der Waals surface area contributed by atoms with Crippen molar-refractivity contribution in [1.82, 2.24) is 0 Å². The second-order valence-electron chi connectivity index (χ2n) is 4.67. The van der Waals surface area contributed by atoms with Gasteiger partial charge in [-0.3, -0.25) is 0 Å². The fourth-order valence-corrected chi connectivity index (χ4v) is 1.33. The SMILES string of the molecule is C=C.C=C.C=C.CC.CCC(C)CCCC(C)C(C)C. The molecule has 0 rings (SSSR count). The van der Waals surface area contributed by atoms with Crippen LogP contribution in [-0.2, 0) is 0 Å². The average Bonchev–Trinajstić information content (AvgIpc) is 2.54. The summed E-state index contributed by atoms with van der Waals surface area (Å²) in [4.78, 5) is 0. The summed E-state index contributed by atoms with van der Waals surface area (Å²) < 4.78 is 0. The summed E-state index contributed by atoms with van der Waals surface area (Å²) >= 11 is 0. The molecule has 0 nitrogen and oxygen atoms in total. The van der Waals surface area contributed by atoms with Crippen molar-refractivity contribution in [1.29, 1.82) is 0 Å². The molecule has 2 atom stereocenters. The average molecular weight is 285 g/mol. The maximum absolute atomic E-state index is 3.00. The van der Waals surface area contributed by atoms with Crippen LogP contribution in [0.2, 0.25) is 0 Å². The number of hydrogen-bond acceptors (Lipinski definition) is 0. The van der Waals surface area contributed by atoms with E-state index in [9.17, 15) is 0 Å². The van der Waals surface area contributed by atoms with Crippen LogP contribution in [0, 0.1) is 17.8 Å². The van der Waals surface area contributed by atoms with Crippen molar-refractivity contribution in [3.05, 3.63) is 39.5 Å². The van der Waals surface area contributed by atoms with Crippen molar-refractivity contribution in [2.45, 2.75) is 74.1 Å². The van der Waals surface area contributed by atoms with Gasteiger partial charge in [0.05, 0.1) is 0 Å². The van der Waals surface area contributed by atoms with Crippen LogP contribution >= 0.6 is 0 Å². The zero-order chi connectivity index (χ0) is 17.6. The van der Waals surface area contributed by atoms with E-state index < -0.39 is 0 Å². The Morgan fingerprint density at radius 3 is 1.30 bits per heavy atom. The third kappa shape index (κ3) is 36.0. The lowest BCUT2D eigenvalue weighted by atomic mass is 9.90. The normalized spacial score (nSPS) is 10.8. The molecule has 124 valence electrons. The van der Waals surface area contributed by atoms with E-state index in [0.29, 0.717) is 0 Å². The minimum atomic E-state index is 0.863. The summed E-state index contributed by atoms with van der Waals surface area (Å²) in [5, 5.41) is 0. The molecule has 0 radical (unpaired) electrons. The molecule has 20 heavy (non-hydrogen) atoms. The Balaban J connectivity index is -0.0000000799. The predicted molar refractivity (Wildman–Crippen MR) is 102 cm³/mol. The lowest BCUT2D eigenvalue weighted by molar-refractivity contribution is 0.359. The molecule has 0 aromatic heterocycles. The lowest BCUT2D eigenvalue weighted by Gasteiger charge is -2.16. The Labute approximate surface area is 132 Å². The van der Waals surface area contributed by atoms with E-state index in [1.54, 1.807) is 0 Å². The van der Waals surface area contributed by atoms with Gasteiger partial charge in [0.15, 0.2) is 0 Å². The molecule has 0 amide bonds. The van der Waals surface area contributed by atoms with E-state index in [0.717, 1.165) is 17.8 Å². The quantitative estimate of drug-likeness (QED) is 0.434. The van der Waals surface area contributed by atoms with Crippen LogP contribution in [0.15, 0.2) is 39.5 Å². The molecule has 0 bridgehead atoms. The van der Waals surface area contributed by atoms with Gasteiger partial charge in [-0.15, -0.1) is 39.5 Å². The predicted octanol–water partition coefficient (Wildman–Crippen LogP) is 7.93. The molecular weight excluding hydrogens is 240 g/mol. The molecule has 0 fully saturated rings. The van der Waals surface area contributed by atoms with Crippen molar-refractivity contribution in [3.63, 3.8) is 0 Å². The molecular formula is C20H44. The van der Waals surface area contributed by atoms with Gasteiger partial charge in [0.2, 0.25) is 0 Å². The van der Waals surface area contributed by atoms with E-state index in [1.165, 1.54) is 25.7 Å². The standard InChI is InChI=1S/C12H26.C2H6.3C2H4/c1-6-11(4)8-7-9-12(5)10(2)3;4*1-2/h10-12H,6-9H2,1-5H3;1-2H3;3*1-2H2. The molecule has 2 unspecified atom stereocenters. The summed E-state index contributed by atoms with van der Waals surface area (Å²) in [6, 6.07) is 0. The van der Waals surface area contributed by atoms with Crippen molar-refractivity contribution in [3.8, 4) is 0 Å². The zero-order valence-electron chi connectivity index (χ0n) is 15.8. The fourth-order valence-electron chi connectivity index (χ4n) is 1.33. The first-order chi connectivity index (χ1) is 9.57. The van der Waals surface area contributed by atoms with Crippen LogP contribution in [0.5, 0.6) is 0 Å². The second-order valence-corrected chi connectivity index (χ2v) is 4.67. The van der Waals surface area contributed by atoms with Crippen molar-refractivity contribution in [2.75, 3.05) is 0 Å². The Morgan fingerprint density at radius 1 is 0.700 bits per heavy atom. The largest absolute Gasteiger partial charge is 0.106 e. The van der Waals surface area contributed by atoms with Gasteiger partial charge >= 0.3 is 0 Å². The molecule has 0 aliphatic heterocycles.